The molecule has 0 spiro atoms. The molecule has 1 aromatic carbocycles. The summed E-state index contributed by atoms with van der Waals surface area (Å²) in [6.45, 7) is 2.17. The van der Waals surface area contributed by atoms with E-state index in [9.17, 15) is 4.79 Å². The van der Waals surface area contributed by atoms with Gasteiger partial charge >= 0.3 is 5.97 Å². The summed E-state index contributed by atoms with van der Waals surface area (Å²) in [7, 11) is 1.63. The van der Waals surface area contributed by atoms with Gasteiger partial charge in [-0.05, 0) is 31.9 Å². The van der Waals surface area contributed by atoms with E-state index in [0.29, 0.717) is 18.1 Å². The fraction of sp³-hybridized carbons (Fsp3) is 0.375. The number of nitrogens with zero attached hydrogens (tertiary/aromatic N) is 2. The maximum absolute atomic E-state index is 12.1. The highest BCUT2D eigenvalue weighted by molar-refractivity contribution is 5.91. The normalized spacial score (nSPS) is 14.0. The molecule has 0 radical (unpaired) electrons. The Hall–Kier alpha value is -2.30. The number of benzene rings is 1. The molecule has 1 aliphatic carbocycles. The fourth-order valence-electron chi connectivity index (χ4n) is 2.47. The third-order valence-electron chi connectivity index (χ3n) is 3.58. The summed E-state index contributed by atoms with van der Waals surface area (Å²) in [4.78, 5) is 12.1. The van der Waals surface area contributed by atoms with Gasteiger partial charge in [-0.3, -0.25) is 0 Å². The molecule has 2 aromatic rings. The van der Waals surface area contributed by atoms with Crippen LogP contribution >= 0.6 is 0 Å². The molecular formula is C16H18N2O3. The summed E-state index contributed by atoms with van der Waals surface area (Å²) < 4.78 is 12.3. The average Bonchev–Trinajstić information content (AvgIpc) is 3.25. The van der Waals surface area contributed by atoms with Gasteiger partial charge in [-0.25, -0.2) is 9.48 Å². The molecule has 3 rings (SSSR count). The van der Waals surface area contributed by atoms with E-state index < -0.39 is 0 Å². The molecule has 5 heteroatoms. The largest absolute Gasteiger partial charge is 0.494 e. The Bertz CT molecular complexity index is 659. The van der Waals surface area contributed by atoms with E-state index in [0.717, 1.165) is 30.0 Å². The molecule has 0 amide bonds. The number of esters is 1. The van der Waals surface area contributed by atoms with Gasteiger partial charge in [0.05, 0.1) is 25.6 Å². The van der Waals surface area contributed by atoms with E-state index in [-0.39, 0.29) is 5.97 Å². The second kappa shape index (κ2) is 5.60. The third-order valence-corrected chi connectivity index (χ3v) is 3.58. The van der Waals surface area contributed by atoms with Crippen LogP contribution in [0.4, 0.5) is 0 Å². The number of carbonyl (C=O) groups is 1. The first-order valence-corrected chi connectivity index (χ1v) is 7.14. The van der Waals surface area contributed by atoms with Crippen LogP contribution in [0.3, 0.4) is 0 Å². The lowest BCUT2D eigenvalue weighted by Gasteiger charge is -2.12. The Balaban J connectivity index is 2.09. The number of ether oxygens (including phenoxy) is 2. The minimum atomic E-state index is -0.305. The number of methoxy groups -OCH3 is 1. The molecule has 1 heterocycles. The molecule has 1 aromatic heterocycles. The molecule has 0 aliphatic heterocycles. The van der Waals surface area contributed by atoms with Crippen LogP contribution in [0.5, 0.6) is 5.75 Å². The van der Waals surface area contributed by atoms with Crippen molar-refractivity contribution in [3.05, 3.63) is 41.7 Å². The number of carbonyl (C=O) groups excluding carboxylic acids is 1. The molecule has 0 atom stereocenters. The first-order chi connectivity index (χ1) is 10.3. The van der Waals surface area contributed by atoms with Crippen molar-refractivity contribution in [2.45, 2.75) is 25.7 Å². The van der Waals surface area contributed by atoms with Crippen molar-refractivity contribution in [2.24, 2.45) is 0 Å². The van der Waals surface area contributed by atoms with Crippen LogP contribution < -0.4 is 4.74 Å². The van der Waals surface area contributed by atoms with E-state index in [1.54, 1.807) is 20.2 Å². The van der Waals surface area contributed by atoms with Crippen LogP contribution in [-0.2, 0) is 4.74 Å². The molecule has 0 saturated heterocycles. The fourth-order valence-corrected chi connectivity index (χ4v) is 2.47. The van der Waals surface area contributed by atoms with Gasteiger partial charge in [-0.2, -0.15) is 5.10 Å². The zero-order chi connectivity index (χ0) is 14.8. The number of para-hydroxylation sites is 2. The van der Waals surface area contributed by atoms with E-state index in [2.05, 4.69) is 5.10 Å². The SMILES string of the molecule is CCOC(=O)c1cnn(-c2ccccc2OC)c1C1CC1. The number of hydrogen-bond acceptors (Lipinski definition) is 4. The van der Waals surface area contributed by atoms with Gasteiger partial charge in [0.2, 0.25) is 0 Å². The van der Waals surface area contributed by atoms with E-state index in [1.807, 2.05) is 28.9 Å². The lowest BCUT2D eigenvalue weighted by molar-refractivity contribution is 0.0525. The zero-order valence-corrected chi connectivity index (χ0v) is 12.2. The van der Waals surface area contributed by atoms with Crippen LogP contribution in [0.15, 0.2) is 30.5 Å². The van der Waals surface area contributed by atoms with Crippen molar-refractivity contribution in [3.63, 3.8) is 0 Å². The summed E-state index contributed by atoms with van der Waals surface area (Å²) in [6.07, 6.45) is 3.75. The maximum atomic E-state index is 12.1. The van der Waals surface area contributed by atoms with E-state index >= 15 is 0 Å². The molecule has 1 fully saturated rings. The Morgan fingerprint density at radius 3 is 2.81 bits per heavy atom. The van der Waals surface area contributed by atoms with E-state index in [4.69, 9.17) is 9.47 Å². The van der Waals surface area contributed by atoms with Crippen molar-refractivity contribution >= 4 is 5.97 Å². The minimum Gasteiger partial charge on any atom is -0.494 e. The highest BCUT2D eigenvalue weighted by atomic mass is 16.5. The van der Waals surface area contributed by atoms with Crippen molar-refractivity contribution in [2.75, 3.05) is 13.7 Å². The lowest BCUT2D eigenvalue weighted by Crippen LogP contribution is -2.09. The van der Waals surface area contributed by atoms with Gasteiger partial charge in [-0.1, -0.05) is 12.1 Å². The Labute approximate surface area is 123 Å². The van der Waals surface area contributed by atoms with Gasteiger partial charge < -0.3 is 9.47 Å². The topological polar surface area (TPSA) is 53.3 Å². The molecule has 21 heavy (non-hydrogen) atoms. The van der Waals surface area contributed by atoms with Gasteiger partial charge in [0, 0.05) is 5.92 Å². The monoisotopic (exact) mass is 286 g/mol. The highest BCUT2D eigenvalue weighted by Crippen LogP contribution is 2.43. The summed E-state index contributed by atoms with van der Waals surface area (Å²) in [5, 5.41) is 4.40. The lowest BCUT2D eigenvalue weighted by atomic mass is 10.1. The molecular weight excluding hydrogens is 268 g/mol. The standard InChI is InChI=1S/C16H18N2O3/c1-3-21-16(19)12-10-17-18(15(12)11-8-9-11)13-6-4-5-7-14(13)20-2/h4-7,10-11H,3,8-9H2,1-2H3. The second-order valence-electron chi connectivity index (χ2n) is 5.02. The van der Waals surface area contributed by atoms with Crippen LogP contribution in [0, 0.1) is 0 Å². The maximum Gasteiger partial charge on any atom is 0.341 e. The van der Waals surface area contributed by atoms with E-state index in [1.165, 1.54) is 0 Å². The number of hydrogen-bond donors (Lipinski definition) is 0. The molecule has 1 aliphatic rings. The van der Waals surface area contributed by atoms with Crippen molar-refractivity contribution in [1.29, 1.82) is 0 Å². The number of aromatic nitrogens is 2. The van der Waals surface area contributed by atoms with Gasteiger partial charge in [-0.15, -0.1) is 0 Å². The van der Waals surface area contributed by atoms with Crippen LogP contribution in [0.2, 0.25) is 0 Å². The Kier molecular flexibility index (Phi) is 3.64. The van der Waals surface area contributed by atoms with Crippen LogP contribution in [0.1, 0.15) is 41.7 Å². The van der Waals surface area contributed by atoms with Gasteiger partial charge in [0.1, 0.15) is 17.0 Å². The molecule has 110 valence electrons. The quantitative estimate of drug-likeness (QED) is 0.793. The first-order valence-electron chi connectivity index (χ1n) is 7.14. The predicted octanol–water partition coefficient (Wildman–Crippen LogP) is 2.94. The van der Waals surface area contributed by atoms with Crippen molar-refractivity contribution in [1.82, 2.24) is 9.78 Å². The molecule has 0 N–H and O–H groups in total. The summed E-state index contributed by atoms with van der Waals surface area (Å²) in [6, 6.07) is 7.67. The molecule has 0 unspecified atom stereocenters. The Morgan fingerprint density at radius 2 is 2.14 bits per heavy atom. The first kappa shape index (κ1) is 13.7. The third kappa shape index (κ3) is 2.51. The Morgan fingerprint density at radius 1 is 1.38 bits per heavy atom. The second-order valence-corrected chi connectivity index (χ2v) is 5.02. The zero-order valence-electron chi connectivity index (χ0n) is 12.2. The van der Waals surface area contributed by atoms with Crippen LogP contribution in [-0.4, -0.2) is 29.5 Å². The molecule has 1 saturated carbocycles. The van der Waals surface area contributed by atoms with Crippen molar-refractivity contribution in [3.8, 4) is 11.4 Å². The molecule has 0 bridgehead atoms. The molecule has 5 nitrogen and oxygen atoms in total. The summed E-state index contributed by atoms with van der Waals surface area (Å²) in [5.74, 6) is 0.801. The summed E-state index contributed by atoms with van der Waals surface area (Å²) >= 11 is 0. The average molecular weight is 286 g/mol. The van der Waals surface area contributed by atoms with Crippen molar-refractivity contribution < 1.29 is 14.3 Å². The smallest absolute Gasteiger partial charge is 0.341 e. The van der Waals surface area contributed by atoms with Crippen LogP contribution in [0.25, 0.3) is 5.69 Å². The summed E-state index contributed by atoms with van der Waals surface area (Å²) in [5.41, 5.74) is 2.33. The highest BCUT2D eigenvalue weighted by Gasteiger charge is 2.33. The predicted molar refractivity (Wildman–Crippen MR) is 78.0 cm³/mol. The minimum absolute atomic E-state index is 0.305. The number of rotatable bonds is 5. The van der Waals surface area contributed by atoms with Gasteiger partial charge in [0.15, 0.2) is 0 Å². The van der Waals surface area contributed by atoms with Gasteiger partial charge in [0.25, 0.3) is 0 Å².